The molecule has 154 valence electrons. The van der Waals surface area contributed by atoms with Gasteiger partial charge in [0, 0.05) is 24.1 Å². The number of hydrogen-bond acceptors (Lipinski definition) is 3. The van der Waals surface area contributed by atoms with Crippen molar-refractivity contribution in [2.45, 2.75) is 45.6 Å². The van der Waals surface area contributed by atoms with Crippen LogP contribution in [0.4, 0.5) is 5.69 Å². The van der Waals surface area contributed by atoms with Gasteiger partial charge in [-0.3, -0.25) is 4.79 Å². The molecule has 5 nitrogen and oxygen atoms in total. The lowest BCUT2D eigenvalue weighted by Crippen LogP contribution is -3.11. The van der Waals surface area contributed by atoms with Crippen LogP contribution in [-0.2, 0) is 17.6 Å². The Labute approximate surface area is 173 Å². The topological polar surface area (TPSA) is 52.0 Å². The van der Waals surface area contributed by atoms with Crippen LogP contribution in [0.25, 0.3) is 0 Å². The zero-order valence-electron chi connectivity index (χ0n) is 17.4. The molecular formula is C24H31N2O3+. The van der Waals surface area contributed by atoms with E-state index in [9.17, 15) is 4.79 Å². The van der Waals surface area contributed by atoms with Gasteiger partial charge in [-0.15, -0.1) is 0 Å². The number of para-hydroxylation sites is 1. The van der Waals surface area contributed by atoms with Gasteiger partial charge in [0.15, 0.2) is 18.0 Å². The van der Waals surface area contributed by atoms with Crippen molar-refractivity contribution < 1.29 is 19.2 Å². The Morgan fingerprint density at radius 1 is 1.07 bits per heavy atom. The van der Waals surface area contributed by atoms with Gasteiger partial charge in [-0.1, -0.05) is 32.0 Å². The van der Waals surface area contributed by atoms with Crippen LogP contribution in [0.3, 0.4) is 0 Å². The highest BCUT2D eigenvalue weighted by Crippen LogP contribution is 2.33. The van der Waals surface area contributed by atoms with Crippen LogP contribution in [0, 0.1) is 0 Å². The smallest absolute Gasteiger partial charge is 0.279 e. The Balaban J connectivity index is 1.47. The predicted molar refractivity (Wildman–Crippen MR) is 114 cm³/mol. The average molecular weight is 396 g/mol. The van der Waals surface area contributed by atoms with Gasteiger partial charge in [-0.25, -0.2) is 0 Å². The third-order valence-electron chi connectivity index (χ3n) is 6.10. The van der Waals surface area contributed by atoms with Gasteiger partial charge in [0.2, 0.25) is 0 Å². The van der Waals surface area contributed by atoms with Gasteiger partial charge in [-0.05, 0) is 42.2 Å². The molecule has 2 aliphatic heterocycles. The second-order valence-corrected chi connectivity index (χ2v) is 7.89. The van der Waals surface area contributed by atoms with Crippen LogP contribution in [0.2, 0.25) is 0 Å². The summed E-state index contributed by atoms with van der Waals surface area (Å²) in [7, 11) is 0. The van der Waals surface area contributed by atoms with Crippen molar-refractivity contribution >= 4 is 11.6 Å². The molecule has 1 amide bonds. The summed E-state index contributed by atoms with van der Waals surface area (Å²) in [5.41, 5.74) is 4.66. The molecule has 0 radical (unpaired) electrons. The largest absolute Gasteiger partial charge is 0.486 e. The van der Waals surface area contributed by atoms with Gasteiger partial charge in [0.05, 0.1) is 6.54 Å². The summed E-state index contributed by atoms with van der Waals surface area (Å²) in [5.74, 6) is 1.74. The summed E-state index contributed by atoms with van der Waals surface area (Å²) in [6.07, 6.45) is 4.06. The van der Waals surface area contributed by atoms with Crippen LogP contribution in [0.1, 0.15) is 49.4 Å². The first-order valence-corrected chi connectivity index (χ1v) is 10.8. The maximum absolute atomic E-state index is 12.9. The third kappa shape index (κ3) is 4.25. The number of fused-ring (bicyclic) bond motifs is 1. The number of quaternary nitrogens is 1. The number of anilines is 1. The van der Waals surface area contributed by atoms with Crippen LogP contribution >= 0.6 is 0 Å². The molecule has 2 aromatic carbocycles. The number of carbonyl (C=O) groups excluding carboxylic acids is 1. The summed E-state index contributed by atoms with van der Waals surface area (Å²) < 4.78 is 11.4. The SMILES string of the molecule is CCc1cccc(CC)c1NC(=O)C[NH+]1CCC[C@H]1c1ccc2c(c1)OCCO2. The summed E-state index contributed by atoms with van der Waals surface area (Å²) in [4.78, 5) is 14.3. The second-order valence-electron chi connectivity index (χ2n) is 7.89. The molecule has 1 unspecified atom stereocenters. The van der Waals surface area contributed by atoms with E-state index in [1.54, 1.807) is 0 Å². The van der Waals surface area contributed by atoms with Crippen molar-refractivity contribution in [3.05, 3.63) is 53.1 Å². The molecule has 5 heteroatoms. The fourth-order valence-corrected chi connectivity index (χ4v) is 4.60. The van der Waals surface area contributed by atoms with Crippen molar-refractivity contribution in [2.75, 3.05) is 31.6 Å². The lowest BCUT2D eigenvalue weighted by Gasteiger charge is -2.24. The molecule has 2 atom stereocenters. The van der Waals surface area contributed by atoms with E-state index in [2.05, 4.69) is 49.5 Å². The molecule has 0 bridgehead atoms. The van der Waals surface area contributed by atoms with E-state index in [0.29, 0.717) is 25.8 Å². The zero-order chi connectivity index (χ0) is 20.2. The molecule has 0 aromatic heterocycles. The Kier molecular flexibility index (Phi) is 6.05. The molecular weight excluding hydrogens is 364 g/mol. The second kappa shape index (κ2) is 8.87. The van der Waals surface area contributed by atoms with E-state index < -0.39 is 0 Å². The average Bonchev–Trinajstić information content (AvgIpc) is 3.21. The molecule has 29 heavy (non-hydrogen) atoms. The lowest BCUT2D eigenvalue weighted by molar-refractivity contribution is -0.910. The summed E-state index contributed by atoms with van der Waals surface area (Å²) in [5, 5.41) is 3.23. The van der Waals surface area contributed by atoms with Crippen LogP contribution in [0.5, 0.6) is 11.5 Å². The first kappa shape index (κ1) is 19.8. The number of rotatable bonds is 6. The maximum Gasteiger partial charge on any atom is 0.279 e. The Morgan fingerprint density at radius 2 is 1.79 bits per heavy atom. The molecule has 2 aliphatic rings. The first-order chi connectivity index (χ1) is 14.2. The van der Waals surface area contributed by atoms with E-state index in [4.69, 9.17) is 9.47 Å². The third-order valence-corrected chi connectivity index (χ3v) is 6.10. The van der Waals surface area contributed by atoms with Crippen molar-refractivity contribution in [1.29, 1.82) is 0 Å². The maximum atomic E-state index is 12.9. The van der Waals surface area contributed by atoms with Gasteiger partial charge >= 0.3 is 0 Å². The summed E-state index contributed by atoms with van der Waals surface area (Å²) in [6.45, 7) is 6.97. The van der Waals surface area contributed by atoms with Crippen molar-refractivity contribution in [3.63, 3.8) is 0 Å². The minimum absolute atomic E-state index is 0.0973. The van der Waals surface area contributed by atoms with Gasteiger partial charge < -0.3 is 19.7 Å². The van der Waals surface area contributed by atoms with E-state index in [1.165, 1.54) is 21.6 Å². The highest BCUT2D eigenvalue weighted by Gasteiger charge is 2.32. The number of likely N-dealkylation sites (tertiary alicyclic amines) is 1. The van der Waals surface area contributed by atoms with Crippen LogP contribution in [0.15, 0.2) is 36.4 Å². The monoisotopic (exact) mass is 395 g/mol. The molecule has 0 spiro atoms. The molecule has 0 aliphatic carbocycles. The van der Waals surface area contributed by atoms with E-state index in [1.807, 2.05) is 6.07 Å². The highest BCUT2D eigenvalue weighted by molar-refractivity contribution is 5.93. The summed E-state index contributed by atoms with van der Waals surface area (Å²) >= 11 is 0. The first-order valence-electron chi connectivity index (χ1n) is 10.8. The van der Waals surface area contributed by atoms with Gasteiger partial charge in [0.1, 0.15) is 19.3 Å². The number of carbonyl (C=O) groups is 1. The van der Waals surface area contributed by atoms with Crippen LogP contribution < -0.4 is 19.7 Å². The number of aryl methyl sites for hydroxylation is 2. The Bertz CT molecular complexity index is 858. The number of nitrogens with one attached hydrogen (secondary N) is 2. The fraction of sp³-hybridized carbons (Fsp3) is 0.458. The van der Waals surface area contributed by atoms with E-state index >= 15 is 0 Å². The number of hydrogen-bond donors (Lipinski definition) is 2. The minimum Gasteiger partial charge on any atom is -0.486 e. The quantitative estimate of drug-likeness (QED) is 0.791. The fourth-order valence-electron chi connectivity index (χ4n) is 4.60. The number of ether oxygens (including phenoxy) is 2. The molecule has 4 rings (SSSR count). The van der Waals surface area contributed by atoms with Crippen molar-refractivity contribution in [3.8, 4) is 11.5 Å². The molecule has 1 fully saturated rings. The zero-order valence-corrected chi connectivity index (χ0v) is 17.4. The molecule has 2 N–H and O–H groups in total. The lowest BCUT2D eigenvalue weighted by atomic mass is 10.0. The molecule has 2 aromatic rings. The van der Waals surface area contributed by atoms with Gasteiger partial charge in [0.25, 0.3) is 5.91 Å². The highest BCUT2D eigenvalue weighted by atomic mass is 16.6. The van der Waals surface area contributed by atoms with Crippen LogP contribution in [-0.4, -0.2) is 32.2 Å². The molecule has 0 saturated carbocycles. The van der Waals surface area contributed by atoms with Gasteiger partial charge in [-0.2, -0.15) is 0 Å². The Hall–Kier alpha value is -2.53. The van der Waals surface area contributed by atoms with E-state index in [-0.39, 0.29) is 5.91 Å². The predicted octanol–water partition coefficient (Wildman–Crippen LogP) is 2.94. The molecule has 2 heterocycles. The molecule has 1 saturated heterocycles. The number of amides is 1. The number of benzene rings is 2. The minimum atomic E-state index is 0.0973. The normalized spacial score (nSPS) is 20.5. The Morgan fingerprint density at radius 3 is 2.52 bits per heavy atom. The summed E-state index contributed by atoms with van der Waals surface area (Å²) in [6, 6.07) is 12.9. The van der Waals surface area contributed by atoms with E-state index in [0.717, 1.165) is 49.4 Å². The van der Waals surface area contributed by atoms with Crippen molar-refractivity contribution in [2.24, 2.45) is 0 Å². The van der Waals surface area contributed by atoms with Crippen molar-refractivity contribution in [1.82, 2.24) is 0 Å². The standard InChI is InChI=1S/C24H30N2O3/c1-3-17-7-5-8-18(4-2)24(17)25-23(27)16-26-12-6-9-20(26)19-10-11-21-22(15-19)29-14-13-28-21/h5,7-8,10-11,15,20H,3-4,6,9,12-14,16H2,1-2H3,(H,25,27)/p+1/t20-/m0/s1.